The molecule has 0 heterocycles. The second-order valence-corrected chi connectivity index (χ2v) is 4.09. The predicted molar refractivity (Wildman–Crippen MR) is 67.0 cm³/mol. The highest BCUT2D eigenvalue weighted by Crippen LogP contribution is 2.22. The molecule has 0 aliphatic heterocycles. The summed E-state index contributed by atoms with van der Waals surface area (Å²) < 4.78 is 24.7. The molecule has 0 aromatic heterocycles. The maximum absolute atomic E-state index is 11.6. The van der Waals surface area contributed by atoms with Gasteiger partial charge in [0.25, 0.3) is 0 Å². The number of methoxy groups -OCH3 is 1. The lowest BCUT2D eigenvalue weighted by molar-refractivity contribution is 0.0600. The molecule has 17 heavy (non-hydrogen) atoms. The summed E-state index contributed by atoms with van der Waals surface area (Å²) in [6.45, 7) is 7.18. The first-order valence-corrected chi connectivity index (χ1v) is 5.78. The SMILES string of the molecule is C=Cc1cc(S(=O)O)cc(C(=O)OC)c1C=C. The van der Waals surface area contributed by atoms with Gasteiger partial charge < -0.3 is 9.29 Å². The number of ether oxygens (including phenoxy) is 1. The molecule has 0 spiro atoms. The molecule has 1 aromatic carbocycles. The van der Waals surface area contributed by atoms with Crippen LogP contribution in [-0.4, -0.2) is 21.8 Å². The smallest absolute Gasteiger partial charge is 0.338 e. The van der Waals surface area contributed by atoms with E-state index in [0.717, 1.165) is 0 Å². The van der Waals surface area contributed by atoms with E-state index in [1.807, 2.05) is 0 Å². The Morgan fingerprint density at radius 1 is 1.41 bits per heavy atom. The van der Waals surface area contributed by atoms with Gasteiger partial charge in [0.1, 0.15) is 0 Å². The van der Waals surface area contributed by atoms with E-state index in [9.17, 15) is 9.00 Å². The van der Waals surface area contributed by atoms with Crippen LogP contribution in [0.3, 0.4) is 0 Å². The number of hydrogen-bond acceptors (Lipinski definition) is 3. The van der Waals surface area contributed by atoms with Crippen molar-refractivity contribution < 1.29 is 18.3 Å². The van der Waals surface area contributed by atoms with Gasteiger partial charge in [0.15, 0.2) is 11.1 Å². The molecule has 1 aromatic rings. The minimum Gasteiger partial charge on any atom is -0.465 e. The van der Waals surface area contributed by atoms with Crippen LogP contribution in [0.2, 0.25) is 0 Å². The average Bonchev–Trinajstić information content (AvgIpc) is 2.35. The number of carbonyl (C=O) groups is 1. The van der Waals surface area contributed by atoms with Gasteiger partial charge in [-0.05, 0) is 23.3 Å². The third-order valence-electron chi connectivity index (χ3n) is 2.22. The summed E-state index contributed by atoms with van der Waals surface area (Å²) in [4.78, 5) is 11.7. The van der Waals surface area contributed by atoms with Crippen LogP contribution in [0.5, 0.6) is 0 Å². The summed E-state index contributed by atoms with van der Waals surface area (Å²) >= 11 is -2.17. The Morgan fingerprint density at radius 2 is 2.06 bits per heavy atom. The topological polar surface area (TPSA) is 63.6 Å². The molecule has 90 valence electrons. The van der Waals surface area contributed by atoms with Crippen LogP contribution in [0.1, 0.15) is 21.5 Å². The van der Waals surface area contributed by atoms with Crippen molar-refractivity contribution in [2.24, 2.45) is 0 Å². The van der Waals surface area contributed by atoms with Gasteiger partial charge in [-0.2, -0.15) is 0 Å². The summed E-state index contributed by atoms with van der Waals surface area (Å²) in [5.41, 5.74) is 1.28. The van der Waals surface area contributed by atoms with Gasteiger partial charge in [0.05, 0.1) is 17.6 Å². The van der Waals surface area contributed by atoms with Gasteiger partial charge >= 0.3 is 5.97 Å². The Bertz CT molecular complexity index is 505. The lowest BCUT2D eigenvalue weighted by atomic mass is 10.0. The first kappa shape index (κ1) is 13.3. The molecule has 0 amide bonds. The second kappa shape index (κ2) is 5.56. The van der Waals surface area contributed by atoms with Crippen LogP contribution < -0.4 is 0 Å². The first-order chi connectivity index (χ1) is 8.04. The zero-order valence-corrected chi connectivity index (χ0v) is 10.1. The van der Waals surface area contributed by atoms with Crippen molar-refractivity contribution in [3.8, 4) is 0 Å². The first-order valence-electron chi connectivity index (χ1n) is 4.67. The molecule has 0 aliphatic rings. The van der Waals surface area contributed by atoms with E-state index in [1.54, 1.807) is 0 Å². The van der Waals surface area contributed by atoms with E-state index in [2.05, 4.69) is 17.9 Å². The van der Waals surface area contributed by atoms with Crippen LogP contribution in [0.15, 0.2) is 30.2 Å². The maximum Gasteiger partial charge on any atom is 0.338 e. The quantitative estimate of drug-likeness (QED) is 0.660. The Morgan fingerprint density at radius 3 is 2.47 bits per heavy atom. The van der Waals surface area contributed by atoms with Crippen LogP contribution in [0.4, 0.5) is 0 Å². The molecule has 0 aliphatic carbocycles. The van der Waals surface area contributed by atoms with E-state index < -0.39 is 17.0 Å². The molecular formula is C12H12O4S. The monoisotopic (exact) mass is 252 g/mol. The zero-order chi connectivity index (χ0) is 13.0. The second-order valence-electron chi connectivity index (χ2n) is 3.12. The fourth-order valence-corrected chi connectivity index (χ4v) is 1.87. The highest BCUT2D eigenvalue weighted by molar-refractivity contribution is 7.79. The third kappa shape index (κ3) is 2.69. The van der Waals surface area contributed by atoms with Gasteiger partial charge in [-0.1, -0.05) is 25.3 Å². The number of benzene rings is 1. The average molecular weight is 252 g/mol. The molecule has 0 bridgehead atoms. The molecule has 1 atom stereocenters. The van der Waals surface area contributed by atoms with Gasteiger partial charge in [0, 0.05) is 0 Å². The normalized spacial score (nSPS) is 11.6. The van der Waals surface area contributed by atoms with Gasteiger partial charge in [0.2, 0.25) is 0 Å². The Balaban J connectivity index is 3.58. The predicted octanol–water partition coefficient (Wildman–Crippen LogP) is 2.34. The minimum absolute atomic E-state index is 0.117. The van der Waals surface area contributed by atoms with E-state index in [4.69, 9.17) is 4.55 Å². The molecule has 0 radical (unpaired) electrons. The Labute approximate surface area is 102 Å². The van der Waals surface area contributed by atoms with Crippen molar-refractivity contribution in [3.63, 3.8) is 0 Å². The summed E-state index contributed by atoms with van der Waals surface area (Å²) in [5, 5.41) is 0. The zero-order valence-electron chi connectivity index (χ0n) is 9.30. The van der Waals surface area contributed by atoms with E-state index in [-0.39, 0.29) is 10.5 Å². The Kier molecular flexibility index (Phi) is 4.37. The summed E-state index contributed by atoms with van der Waals surface area (Å²) in [7, 11) is 1.24. The van der Waals surface area contributed by atoms with Crippen molar-refractivity contribution in [1.82, 2.24) is 0 Å². The molecule has 4 nitrogen and oxygen atoms in total. The van der Waals surface area contributed by atoms with Crippen molar-refractivity contribution in [3.05, 3.63) is 42.0 Å². The highest BCUT2D eigenvalue weighted by Gasteiger charge is 2.16. The van der Waals surface area contributed by atoms with E-state index in [0.29, 0.717) is 11.1 Å². The molecule has 1 N–H and O–H groups in total. The summed E-state index contributed by atoms with van der Waals surface area (Å²) in [6, 6.07) is 2.79. The lowest BCUT2D eigenvalue weighted by Gasteiger charge is -2.09. The molecule has 0 saturated carbocycles. The number of esters is 1. The standard InChI is InChI=1S/C12H12O4S/c1-4-8-6-9(17(14)15)7-11(10(8)5-2)12(13)16-3/h4-7H,1-2H2,3H3,(H,14,15). The largest absolute Gasteiger partial charge is 0.465 e. The van der Waals surface area contributed by atoms with Crippen LogP contribution in [0.25, 0.3) is 12.2 Å². The summed E-state index contributed by atoms with van der Waals surface area (Å²) in [6.07, 6.45) is 2.97. The Hall–Kier alpha value is -1.72. The van der Waals surface area contributed by atoms with Crippen LogP contribution >= 0.6 is 0 Å². The van der Waals surface area contributed by atoms with Crippen molar-refractivity contribution in [2.75, 3.05) is 7.11 Å². The fraction of sp³-hybridized carbons (Fsp3) is 0.0833. The van der Waals surface area contributed by atoms with Gasteiger partial charge in [-0.25, -0.2) is 9.00 Å². The highest BCUT2D eigenvalue weighted by atomic mass is 32.2. The van der Waals surface area contributed by atoms with E-state index in [1.165, 1.54) is 31.4 Å². The molecular weight excluding hydrogens is 240 g/mol. The van der Waals surface area contributed by atoms with Crippen molar-refractivity contribution in [2.45, 2.75) is 4.90 Å². The molecule has 1 rings (SSSR count). The van der Waals surface area contributed by atoms with Gasteiger partial charge in [-0.15, -0.1) is 0 Å². The van der Waals surface area contributed by atoms with Crippen molar-refractivity contribution >= 4 is 29.2 Å². The maximum atomic E-state index is 11.6. The molecule has 1 unspecified atom stereocenters. The van der Waals surface area contributed by atoms with E-state index >= 15 is 0 Å². The van der Waals surface area contributed by atoms with Crippen LogP contribution in [0, 0.1) is 0 Å². The minimum atomic E-state index is -2.17. The van der Waals surface area contributed by atoms with Gasteiger partial charge in [-0.3, -0.25) is 0 Å². The van der Waals surface area contributed by atoms with Crippen molar-refractivity contribution in [1.29, 1.82) is 0 Å². The lowest BCUT2D eigenvalue weighted by Crippen LogP contribution is -2.06. The molecule has 5 heteroatoms. The van der Waals surface area contributed by atoms with Crippen LogP contribution in [-0.2, 0) is 15.8 Å². The number of rotatable bonds is 4. The fourth-order valence-electron chi connectivity index (χ4n) is 1.42. The third-order valence-corrected chi connectivity index (χ3v) is 2.86. The molecule has 0 fully saturated rings. The summed E-state index contributed by atoms with van der Waals surface area (Å²) in [5.74, 6) is -0.588. The molecule has 0 saturated heterocycles. The number of carbonyl (C=O) groups excluding carboxylic acids is 1. The number of hydrogen-bond donors (Lipinski definition) is 1.